The number of aliphatic hydroxyl groups excluding tert-OH is 1. The summed E-state index contributed by atoms with van der Waals surface area (Å²) >= 11 is 0. The van der Waals surface area contributed by atoms with Gasteiger partial charge in [0, 0.05) is 0 Å². The minimum absolute atomic E-state index is 0.111. The molecule has 0 aromatic heterocycles. The molecular formula is C10H13FO2. The standard InChI is InChI=1S/C10H13FO2/c1-7-3-4-9(11)10(5-7)13-6-8(2)12/h3-5,8,12H,6H2,1-2H3/t8-/m1/s1. The highest BCUT2D eigenvalue weighted by molar-refractivity contribution is 5.29. The summed E-state index contributed by atoms with van der Waals surface area (Å²) < 4.78 is 18.1. The van der Waals surface area contributed by atoms with Gasteiger partial charge < -0.3 is 9.84 Å². The van der Waals surface area contributed by atoms with Crippen LogP contribution in [-0.2, 0) is 0 Å². The third kappa shape index (κ3) is 3.03. The molecule has 2 nitrogen and oxygen atoms in total. The molecule has 0 saturated heterocycles. The van der Waals surface area contributed by atoms with Gasteiger partial charge in [-0.3, -0.25) is 0 Å². The van der Waals surface area contributed by atoms with Crippen LogP contribution in [0.3, 0.4) is 0 Å². The Labute approximate surface area is 77.0 Å². The molecule has 1 N–H and O–H groups in total. The lowest BCUT2D eigenvalue weighted by molar-refractivity contribution is 0.120. The van der Waals surface area contributed by atoms with Crippen molar-refractivity contribution in [3.8, 4) is 5.75 Å². The molecule has 0 aliphatic heterocycles. The second kappa shape index (κ2) is 4.23. The van der Waals surface area contributed by atoms with Crippen LogP contribution in [0.25, 0.3) is 0 Å². The van der Waals surface area contributed by atoms with Gasteiger partial charge in [-0.05, 0) is 31.5 Å². The monoisotopic (exact) mass is 184 g/mol. The summed E-state index contributed by atoms with van der Waals surface area (Å²) in [5.41, 5.74) is 0.932. The van der Waals surface area contributed by atoms with Crippen LogP contribution in [0.4, 0.5) is 4.39 Å². The molecule has 0 saturated carbocycles. The van der Waals surface area contributed by atoms with Gasteiger partial charge in [-0.15, -0.1) is 0 Å². The minimum atomic E-state index is -0.583. The topological polar surface area (TPSA) is 29.5 Å². The van der Waals surface area contributed by atoms with Crippen molar-refractivity contribution >= 4 is 0 Å². The van der Waals surface area contributed by atoms with Crippen LogP contribution in [0.2, 0.25) is 0 Å². The minimum Gasteiger partial charge on any atom is -0.488 e. The van der Waals surface area contributed by atoms with Crippen molar-refractivity contribution in [3.63, 3.8) is 0 Å². The molecule has 1 rings (SSSR count). The van der Waals surface area contributed by atoms with Crippen molar-refractivity contribution in [1.29, 1.82) is 0 Å². The fourth-order valence-electron chi connectivity index (χ4n) is 0.932. The van der Waals surface area contributed by atoms with E-state index in [4.69, 9.17) is 9.84 Å². The van der Waals surface area contributed by atoms with Crippen LogP contribution in [0.5, 0.6) is 5.75 Å². The number of aryl methyl sites for hydroxylation is 1. The van der Waals surface area contributed by atoms with Crippen LogP contribution in [0, 0.1) is 12.7 Å². The fourth-order valence-corrected chi connectivity index (χ4v) is 0.932. The average Bonchev–Trinajstić information content (AvgIpc) is 2.06. The fraction of sp³-hybridized carbons (Fsp3) is 0.400. The molecule has 0 fully saturated rings. The van der Waals surface area contributed by atoms with Gasteiger partial charge in [0.1, 0.15) is 6.61 Å². The van der Waals surface area contributed by atoms with E-state index in [2.05, 4.69) is 0 Å². The highest BCUT2D eigenvalue weighted by Gasteiger charge is 2.04. The summed E-state index contributed by atoms with van der Waals surface area (Å²) in [6, 6.07) is 4.63. The third-order valence-corrected chi connectivity index (χ3v) is 1.57. The molecule has 1 aromatic carbocycles. The van der Waals surface area contributed by atoms with Crippen LogP contribution in [0.15, 0.2) is 18.2 Å². The van der Waals surface area contributed by atoms with Gasteiger partial charge in [0.15, 0.2) is 11.6 Å². The van der Waals surface area contributed by atoms with Crippen molar-refractivity contribution in [1.82, 2.24) is 0 Å². The largest absolute Gasteiger partial charge is 0.488 e. The summed E-state index contributed by atoms with van der Waals surface area (Å²) in [6.45, 7) is 3.56. The third-order valence-electron chi connectivity index (χ3n) is 1.57. The first-order chi connectivity index (χ1) is 6.09. The van der Waals surface area contributed by atoms with Gasteiger partial charge >= 0.3 is 0 Å². The number of aliphatic hydroxyl groups is 1. The molecule has 3 heteroatoms. The Morgan fingerprint density at radius 1 is 1.54 bits per heavy atom. The Kier molecular flexibility index (Phi) is 3.25. The average molecular weight is 184 g/mol. The van der Waals surface area contributed by atoms with Gasteiger partial charge in [-0.2, -0.15) is 0 Å². The molecule has 0 heterocycles. The zero-order valence-corrected chi connectivity index (χ0v) is 7.75. The van der Waals surface area contributed by atoms with E-state index in [1.54, 1.807) is 19.1 Å². The number of hydrogen-bond donors (Lipinski definition) is 1. The predicted octanol–water partition coefficient (Wildman–Crippen LogP) is 1.89. The summed E-state index contributed by atoms with van der Waals surface area (Å²) in [4.78, 5) is 0. The normalized spacial score (nSPS) is 12.6. The van der Waals surface area contributed by atoms with Crippen molar-refractivity contribution < 1.29 is 14.2 Å². The molecule has 72 valence electrons. The molecule has 0 spiro atoms. The second-order valence-corrected chi connectivity index (χ2v) is 3.09. The van der Waals surface area contributed by atoms with Crippen LogP contribution < -0.4 is 4.74 Å². The molecule has 0 radical (unpaired) electrons. The molecule has 0 aliphatic carbocycles. The van der Waals surface area contributed by atoms with E-state index in [0.717, 1.165) is 5.56 Å². The molecule has 1 atom stereocenters. The number of halogens is 1. The van der Waals surface area contributed by atoms with Crippen molar-refractivity contribution in [2.24, 2.45) is 0 Å². The van der Waals surface area contributed by atoms with E-state index in [9.17, 15) is 4.39 Å². The molecule has 1 aromatic rings. The second-order valence-electron chi connectivity index (χ2n) is 3.09. The number of ether oxygens (including phenoxy) is 1. The SMILES string of the molecule is Cc1ccc(F)c(OC[C@@H](C)O)c1. The first-order valence-electron chi connectivity index (χ1n) is 4.16. The Morgan fingerprint density at radius 3 is 2.85 bits per heavy atom. The molecule has 0 aliphatic rings. The van der Waals surface area contributed by atoms with E-state index >= 15 is 0 Å². The maximum absolute atomic E-state index is 13.0. The smallest absolute Gasteiger partial charge is 0.165 e. The molecule has 0 bridgehead atoms. The number of rotatable bonds is 3. The first kappa shape index (κ1) is 9.99. The quantitative estimate of drug-likeness (QED) is 0.777. The zero-order chi connectivity index (χ0) is 9.84. The van der Waals surface area contributed by atoms with Gasteiger partial charge in [0.05, 0.1) is 6.10 Å². The molecule has 0 unspecified atom stereocenters. The van der Waals surface area contributed by atoms with Gasteiger partial charge in [0.2, 0.25) is 0 Å². The van der Waals surface area contributed by atoms with Gasteiger partial charge in [0.25, 0.3) is 0 Å². The van der Waals surface area contributed by atoms with Gasteiger partial charge in [-0.1, -0.05) is 6.07 Å². The van der Waals surface area contributed by atoms with Crippen molar-refractivity contribution in [2.45, 2.75) is 20.0 Å². The predicted molar refractivity (Wildman–Crippen MR) is 48.3 cm³/mol. The summed E-state index contributed by atoms with van der Waals surface area (Å²) in [5.74, 6) is -0.202. The molecule has 0 amide bonds. The van der Waals surface area contributed by atoms with Crippen LogP contribution in [0.1, 0.15) is 12.5 Å². The van der Waals surface area contributed by atoms with Crippen LogP contribution >= 0.6 is 0 Å². The van der Waals surface area contributed by atoms with Crippen molar-refractivity contribution in [3.05, 3.63) is 29.6 Å². The Hall–Kier alpha value is -1.09. The lowest BCUT2D eigenvalue weighted by Gasteiger charge is -2.09. The Morgan fingerprint density at radius 2 is 2.23 bits per heavy atom. The van der Waals surface area contributed by atoms with Crippen molar-refractivity contribution in [2.75, 3.05) is 6.61 Å². The van der Waals surface area contributed by atoms with E-state index in [1.807, 2.05) is 6.92 Å². The van der Waals surface area contributed by atoms with Gasteiger partial charge in [-0.25, -0.2) is 4.39 Å². The maximum atomic E-state index is 13.0. The molecule has 13 heavy (non-hydrogen) atoms. The highest BCUT2D eigenvalue weighted by atomic mass is 19.1. The number of hydrogen-bond acceptors (Lipinski definition) is 2. The Bertz CT molecular complexity index is 284. The first-order valence-corrected chi connectivity index (χ1v) is 4.16. The van der Waals surface area contributed by atoms with E-state index in [1.165, 1.54) is 6.07 Å². The van der Waals surface area contributed by atoms with E-state index in [-0.39, 0.29) is 12.4 Å². The van der Waals surface area contributed by atoms with E-state index < -0.39 is 11.9 Å². The zero-order valence-electron chi connectivity index (χ0n) is 7.75. The molecular weight excluding hydrogens is 171 g/mol. The van der Waals surface area contributed by atoms with Crippen LogP contribution in [-0.4, -0.2) is 17.8 Å². The number of benzene rings is 1. The summed E-state index contributed by atoms with van der Waals surface area (Å²) in [6.07, 6.45) is -0.583. The lowest BCUT2D eigenvalue weighted by Crippen LogP contribution is -2.13. The summed E-state index contributed by atoms with van der Waals surface area (Å²) in [5, 5.41) is 8.93. The van der Waals surface area contributed by atoms with E-state index in [0.29, 0.717) is 0 Å². The summed E-state index contributed by atoms with van der Waals surface area (Å²) in [7, 11) is 0. The highest BCUT2D eigenvalue weighted by Crippen LogP contribution is 2.18. The Balaban J connectivity index is 2.70. The maximum Gasteiger partial charge on any atom is 0.165 e. The lowest BCUT2D eigenvalue weighted by atomic mass is 10.2.